The van der Waals surface area contributed by atoms with Gasteiger partial charge in [-0.3, -0.25) is 9.59 Å². The molecule has 0 fully saturated rings. The van der Waals surface area contributed by atoms with Crippen LogP contribution in [0, 0.1) is 0 Å². The van der Waals surface area contributed by atoms with Gasteiger partial charge in [0.05, 0.1) is 10.6 Å². The van der Waals surface area contributed by atoms with Crippen LogP contribution < -0.4 is 5.32 Å². The monoisotopic (exact) mass is 368 g/mol. The summed E-state index contributed by atoms with van der Waals surface area (Å²) in [6.45, 7) is 5.92. The average Bonchev–Trinajstić information content (AvgIpc) is 2.66. The first-order valence-electron chi connectivity index (χ1n) is 8.56. The lowest BCUT2D eigenvalue weighted by Crippen LogP contribution is -2.53. The van der Waals surface area contributed by atoms with Crippen LogP contribution in [0.25, 0.3) is 0 Å². The minimum atomic E-state index is -0.587. The molecule has 2 amide bonds. The molecule has 1 N–H and O–H groups in total. The minimum Gasteiger partial charge on any atom is -0.348 e. The van der Waals surface area contributed by atoms with Crippen LogP contribution in [0.3, 0.4) is 0 Å². The zero-order valence-electron chi connectivity index (χ0n) is 14.6. The second kappa shape index (κ2) is 7.75. The number of nitrogens with one attached hydrogen (secondary N) is 1. The molecule has 1 aliphatic heterocycles. The molecule has 1 heterocycles. The van der Waals surface area contributed by atoms with Gasteiger partial charge in [0.1, 0.15) is 6.04 Å². The van der Waals surface area contributed by atoms with Gasteiger partial charge in [-0.05, 0) is 30.2 Å². The number of amides is 2. The second-order valence-electron chi connectivity index (χ2n) is 6.43. The van der Waals surface area contributed by atoms with E-state index in [1.807, 2.05) is 31.2 Å². The van der Waals surface area contributed by atoms with Gasteiger partial charge in [0, 0.05) is 19.0 Å². The summed E-state index contributed by atoms with van der Waals surface area (Å²) in [4.78, 5) is 27.6. The lowest BCUT2D eigenvalue weighted by molar-refractivity contribution is -0.126. The molecule has 2 aromatic carbocycles. The standard InChI is InChI=1S/C21H21ClN2O2/c1-3-14(2)23-20(25)19-12-15-8-4-5-9-16(15)13-24(19)21(26)17-10-6-7-11-18(17)22/h3-11,14,19H,1,12-13H2,2H3,(H,23,25)/t14-,19+/m0/s1. The van der Waals surface area contributed by atoms with Gasteiger partial charge in [0.2, 0.25) is 5.91 Å². The highest BCUT2D eigenvalue weighted by Gasteiger charge is 2.35. The molecular formula is C21H21ClN2O2. The fraction of sp³-hybridized carbons (Fsp3) is 0.238. The van der Waals surface area contributed by atoms with E-state index in [4.69, 9.17) is 11.6 Å². The van der Waals surface area contributed by atoms with Crippen molar-refractivity contribution >= 4 is 23.4 Å². The van der Waals surface area contributed by atoms with Crippen LogP contribution in [0.5, 0.6) is 0 Å². The van der Waals surface area contributed by atoms with Gasteiger partial charge in [-0.1, -0.05) is 54.1 Å². The van der Waals surface area contributed by atoms with Crippen molar-refractivity contribution in [2.75, 3.05) is 0 Å². The third-order valence-corrected chi connectivity index (χ3v) is 4.97. The molecule has 5 heteroatoms. The molecule has 3 rings (SSSR count). The Morgan fingerprint density at radius 3 is 2.54 bits per heavy atom. The van der Waals surface area contributed by atoms with Crippen LogP contribution >= 0.6 is 11.6 Å². The van der Waals surface area contributed by atoms with Crippen molar-refractivity contribution in [3.05, 3.63) is 82.9 Å². The summed E-state index contributed by atoms with van der Waals surface area (Å²) in [5, 5.41) is 3.28. The first-order chi connectivity index (χ1) is 12.5. The highest BCUT2D eigenvalue weighted by molar-refractivity contribution is 6.33. The van der Waals surface area contributed by atoms with Crippen molar-refractivity contribution in [1.82, 2.24) is 10.2 Å². The van der Waals surface area contributed by atoms with Crippen LogP contribution in [0.2, 0.25) is 5.02 Å². The van der Waals surface area contributed by atoms with Crippen molar-refractivity contribution in [2.24, 2.45) is 0 Å². The lowest BCUT2D eigenvalue weighted by atomic mass is 9.92. The first-order valence-corrected chi connectivity index (χ1v) is 8.94. The van der Waals surface area contributed by atoms with Gasteiger partial charge >= 0.3 is 0 Å². The maximum absolute atomic E-state index is 13.1. The molecule has 26 heavy (non-hydrogen) atoms. The molecule has 0 saturated carbocycles. The van der Waals surface area contributed by atoms with Crippen molar-refractivity contribution < 1.29 is 9.59 Å². The Morgan fingerprint density at radius 1 is 1.19 bits per heavy atom. The number of carbonyl (C=O) groups is 2. The van der Waals surface area contributed by atoms with Crippen LogP contribution in [0.1, 0.15) is 28.4 Å². The molecule has 0 radical (unpaired) electrons. The zero-order valence-corrected chi connectivity index (χ0v) is 15.4. The zero-order chi connectivity index (χ0) is 18.7. The summed E-state index contributed by atoms with van der Waals surface area (Å²) in [7, 11) is 0. The minimum absolute atomic E-state index is 0.170. The van der Waals surface area contributed by atoms with E-state index < -0.39 is 6.04 Å². The quantitative estimate of drug-likeness (QED) is 0.838. The van der Waals surface area contributed by atoms with E-state index in [0.29, 0.717) is 23.6 Å². The largest absolute Gasteiger partial charge is 0.348 e. The molecule has 0 aliphatic carbocycles. The predicted octanol–water partition coefficient (Wildman–Crippen LogP) is 3.60. The van der Waals surface area contributed by atoms with Crippen molar-refractivity contribution in [2.45, 2.75) is 32.0 Å². The number of nitrogens with zero attached hydrogens (tertiary/aromatic N) is 1. The molecule has 0 spiro atoms. The molecule has 2 aromatic rings. The van der Waals surface area contributed by atoms with Gasteiger partial charge < -0.3 is 10.2 Å². The molecule has 0 saturated heterocycles. The second-order valence-corrected chi connectivity index (χ2v) is 6.84. The lowest BCUT2D eigenvalue weighted by Gasteiger charge is -2.36. The molecule has 1 aliphatic rings. The Balaban J connectivity index is 1.96. The number of hydrogen-bond donors (Lipinski definition) is 1. The van der Waals surface area contributed by atoms with E-state index in [0.717, 1.165) is 11.1 Å². The maximum Gasteiger partial charge on any atom is 0.256 e. The van der Waals surface area contributed by atoms with Crippen LogP contribution in [0.4, 0.5) is 0 Å². The van der Waals surface area contributed by atoms with E-state index in [1.165, 1.54) is 0 Å². The summed E-state index contributed by atoms with van der Waals surface area (Å²) in [5.41, 5.74) is 2.54. The Morgan fingerprint density at radius 2 is 1.85 bits per heavy atom. The highest BCUT2D eigenvalue weighted by atomic mass is 35.5. The van der Waals surface area contributed by atoms with E-state index in [-0.39, 0.29) is 17.9 Å². The average molecular weight is 369 g/mol. The van der Waals surface area contributed by atoms with E-state index in [1.54, 1.807) is 35.2 Å². The first kappa shape index (κ1) is 18.2. The number of halogens is 1. The summed E-state index contributed by atoms with van der Waals surface area (Å²) in [6, 6.07) is 14.0. The third-order valence-electron chi connectivity index (χ3n) is 4.64. The van der Waals surface area contributed by atoms with E-state index in [9.17, 15) is 9.59 Å². The molecule has 0 bridgehead atoms. The number of carbonyl (C=O) groups excluding carboxylic acids is 2. The van der Waals surface area contributed by atoms with Gasteiger partial charge in [-0.15, -0.1) is 6.58 Å². The predicted molar refractivity (Wildman–Crippen MR) is 103 cm³/mol. The van der Waals surface area contributed by atoms with Crippen molar-refractivity contribution in [1.29, 1.82) is 0 Å². The van der Waals surface area contributed by atoms with Gasteiger partial charge in [-0.2, -0.15) is 0 Å². The summed E-state index contributed by atoms with van der Waals surface area (Å²) in [6.07, 6.45) is 2.14. The maximum atomic E-state index is 13.1. The molecule has 2 atom stereocenters. The van der Waals surface area contributed by atoms with Crippen LogP contribution in [0.15, 0.2) is 61.2 Å². The highest BCUT2D eigenvalue weighted by Crippen LogP contribution is 2.27. The number of rotatable bonds is 4. The van der Waals surface area contributed by atoms with Crippen LogP contribution in [-0.2, 0) is 17.8 Å². The topological polar surface area (TPSA) is 49.4 Å². The smallest absolute Gasteiger partial charge is 0.256 e. The van der Waals surface area contributed by atoms with Gasteiger partial charge in [0.15, 0.2) is 0 Å². The summed E-state index contributed by atoms with van der Waals surface area (Å²) >= 11 is 6.21. The fourth-order valence-corrected chi connectivity index (χ4v) is 3.36. The molecule has 134 valence electrons. The fourth-order valence-electron chi connectivity index (χ4n) is 3.14. The Kier molecular flexibility index (Phi) is 5.43. The van der Waals surface area contributed by atoms with Crippen molar-refractivity contribution in [3.63, 3.8) is 0 Å². The number of hydrogen-bond acceptors (Lipinski definition) is 2. The Labute approximate surface area is 158 Å². The number of benzene rings is 2. The molecule has 0 aromatic heterocycles. The number of fused-ring (bicyclic) bond motifs is 1. The van der Waals surface area contributed by atoms with Crippen LogP contribution in [-0.4, -0.2) is 28.8 Å². The van der Waals surface area contributed by atoms with Gasteiger partial charge in [-0.25, -0.2) is 0 Å². The SMILES string of the molecule is C=C[C@H](C)NC(=O)[C@H]1Cc2ccccc2CN1C(=O)c1ccccc1Cl. The van der Waals surface area contributed by atoms with Crippen molar-refractivity contribution in [3.8, 4) is 0 Å². The van der Waals surface area contributed by atoms with E-state index >= 15 is 0 Å². The third kappa shape index (κ3) is 3.65. The summed E-state index contributed by atoms with van der Waals surface area (Å²) in [5.74, 6) is -0.427. The Hall–Kier alpha value is -2.59. The molecule has 0 unspecified atom stereocenters. The molecular weight excluding hydrogens is 348 g/mol. The van der Waals surface area contributed by atoms with E-state index in [2.05, 4.69) is 11.9 Å². The normalized spacial score (nSPS) is 17.2. The van der Waals surface area contributed by atoms with Gasteiger partial charge in [0.25, 0.3) is 5.91 Å². The Bertz CT molecular complexity index is 849. The summed E-state index contributed by atoms with van der Waals surface area (Å²) < 4.78 is 0. The molecule has 4 nitrogen and oxygen atoms in total.